The number of aromatic nitrogens is 1. The highest BCUT2D eigenvalue weighted by atomic mass is 19.4. The van der Waals surface area contributed by atoms with Crippen molar-refractivity contribution >= 4 is 12.1 Å². The average Bonchev–Trinajstić information content (AvgIpc) is 3.41. The van der Waals surface area contributed by atoms with Crippen molar-refractivity contribution in [2.45, 2.75) is 50.4 Å². The van der Waals surface area contributed by atoms with E-state index in [9.17, 15) is 41.0 Å². The number of ether oxygens (including phenoxy) is 1. The Bertz CT molecular complexity index is 1020. The van der Waals surface area contributed by atoms with E-state index >= 15 is 0 Å². The summed E-state index contributed by atoms with van der Waals surface area (Å²) < 4.78 is 85.3. The highest BCUT2D eigenvalue weighted by Gasteiger charge is 2.66. The minimum Gasteiger partial charge on any atom is -0.466 e. The third-order valence-electron chi connectivity index (χ3n) is 5.44. The van der Waals surface area contributed by atoms with Gasteiger partial charge in [-0.3, -0.25) is 4.79 Å². The first-order chi connectivity index (χ1) is 14.8. The summed E-state index contributed by atoms with van der Waals surface area (Å²) in [4.78, 5) is 23.8. The van der Waals surface area contributed by atoms with Gasteiger partial charge in [-0.1, -0.05) is 12.1 Å². The topological polar surface area (TPSA) is 68.5 Å². The maximum absolute atomic E-state index is 13.8. The van der Waals surface area contributed by atoms with Gasteiger partial charge >= 0.3 is 24.4 Å². The van der Waals surface area contributed by atoms with Crippen LogP contribution in [0.25, 0.3) is 11.3 Å². The number of aryl methyl sites for hydroxylation is 1. The fourth-order valence-electron chi connectivity index (χ4n) is 3.71. The summed E-state index contributed by atoms with van der Waals surface area (Å²) in [5.74, 6) is -0.632. The summed E-state index contributed by atoms with van der Waals surface area (Å²) in [6.07, 6.45) is -12.0. The fraction of sp³-hybridized carbons (Fsp3) is 0.429. The molecule has 1 heterocycles. The van der Waals surface area contributed by atoms with Crippen molar-refractivity contribution in [3.05, 3.63) is 47.2 Å². The molecular weight excluding hydrogens is 444 g/mol. The molecule has 0 spiro atoms. The lowest BCUT2D eigenvalue weighted by atomic mass is 10.00. The first kappa shape index (κ1) is 23.7. The zero-order valence-corrected chi connectivity index (χ0v) is 16.8. The van der Waals surface area contributed by atoms with Gasteiger partial charge in [-0.05, 0) is 55.5 Å². The number of benzene rings is 1. The van der Waals surface area contributed by atoms with E-state index in [4.69, 9.17) is 4.74 Å². The smallest absolute Gasteiger partial charge is 0.416 e. The van der Waals surface area contributed by atoms with Crippen molar-refractivity contribution in [2.75, 3.05) is 6.61 Å². The number of hydrogen-bond donors (Lipinski definition) is 1. The Kier molecular flexibility index (Phi) is 6.05. The largest absolute Gasteiger partial charge is 0.466 e. The monoisotopic (exact) mass is 463 g/mol. The quantitative estimate of drug-likeness (QED) is 0.435. The van der Waals surface area contributed by atoms with Crippen LogP contribution in [0.4, 0.5) is 31.1 Å². The molecule has 5 nitrogen and oxygen atoms in total. The number of carbonyl (C=O) groups is 2. The predicted octanol–water partition coefficient (Wildman–Crippen LogP) is 5.79. The zero-order chi connectivity index (χ0) is 23.9. The van der Waals surface area contributed by atoms with Crippen molar-refractivity contribution in [1.29, 1.82) is 0 Å². The van der Waals surface area contributed by atoms with Crippen LogP contribution in [0.2, 0.25) is 0 Å². The molecule has 1 aliphatic carbocycles. The lowest BCUT2D eigenvalue weighted by Gasteiger charge is -2.20. The van der Waals surface area contributed by atoms with Crippen LogP contribution >= 0.6 is 0 Å². The molecule has 3 rings (SSSR count). The molecule has 32 heavy (non-hydrogen) atoms. The highest BCUT2D eigenvalue weighted by Crippen LogP contribution is 2.60. The summed E-state index contributed by atoms with van der Waals surface area (Å²) in [7, 11) is 0. The Labute approximate surface area is 178 Å². The maximum Gasteiger partial charge on any atom is 0.416 e. The summed E-state index contributed by atoms with van der Waals surface area (Å²) >= 11 is 0. The van der Waals surface area contributed by atoms with Gasteiger partial charge in [0.15, 0.2) is 0 Å². The van der Waals surface area contributed by atoms with E-state index in [1.54, 1.807) is 6.92 Å². The standard InChI is InChI=1S/C21H19F6NO4/c1-2-32-16(29)8-5-13-11-15(19(9-10-19)21(25,26)27)28(18(30)31)17(13)12-3-6-14(7-4-12)20(22,23)24/h3-4,6-7,11H,2,5,8-10H2,1H3,(H,30,31). The maximum atomic E-state index is 13.8. The van der Waals surface area contributed by atoms with Crippen molar-refractivity contribution in [3.63, 3.8) is 0 Å². The van der Waals surface area contributed by atoms with Gasteiger partial charge in [0.25, 0.3) is 0 Å². The Morgan fingerprint density at radius 1 is 1.09 bits per heavy atom. The number of hydrogen-bond acceptors (Lipinski definition) is 3. The summed E-state index contributed by atoms with van der Waals surface area (Å²) in [6, 6.07) is 4.53. The van der Waals surface area contributed by atoms with Crippen LogP contribution in [0.5, 0.6) is 0 Å². The number of alkyl halides is 6. The molecular formula is C21H19F6NO4. The first-order valence-corrected chi connectivity index (χ1v) is 9.70. The molecule has 1 fully saturated rings. The van der Waals surface area contributed by atoms with Gasteiger partial charge < -0.3 is 9.84 Å². The predicted molar refractivity (Wildman–Crippen MR) is 100 cm³/mol. The Balaban J connectivity index is 2.16. The molecule has 1 aliphatic rings. The summed E-state index contributed by atoms with van der Waals surface area (Å²) in [6.45, 7) is 1.66. The third kappa shape index (κ3) is 4.33. The molecule has 1 N–H and O–H groups in total. The van der Waals surface area contributed by atoms with Gasteiger partial charge in [0.2, 0.25) is 0 Å². The van der Waals surface area contributed by atoms with Gasteiger partial charge in [-0.25, -0.2) is 9.36 Å². The Morgan fingerprint density at radius 3 is 2.12 bits per heavy atom. The minimum absolute atomic E-state index is 0.0107. The van der Waals surface area contributed by atoms with Crippen LogP contribution < -0.4 is 0 Å². The molecule has 11 heteroatoms. The lowest BCUT2D eigenvalue weighted by Crippen LogP contribution is -2.32. The van der Waals surface area contributed by atoms with Crippen LogP contribution in [0.15, 0.2) is 30.3 Å². The van der Waals surface area contributed by atoms with E-state index < -0.39 is 41.1 Å². The number of carbonyl (C=O) groups excluding carboxylic acids is 1. The molecule has 1 aromatic heterocycles. The van der Waals surface area contributed by atoms with Crippen LogP contribution in [-0.2, 0) is 27.5 Å². The molecule has 0 amide bonds. The number of carboxylic acid groups (broad SMARTS) is 1. The van der Waals surface area contributed by atoms with Crippen molar-refractivity contribution < 1.29 is 45.8 Å². The summed E-state index contributed by atoms with van der Waals surface area (Å²) in [5, 5.41) is 9.75. The van der Waals surface area contributed by atoms with E-state index in [-0.39, 0.29) is 49.1 Å². The van der Waals surface area contributed by atoms with Gasteiger partial charge in [-0.2, -0.15) is 26.3 Å². The molecule has 0 unspecified atom stereocenters. The molecule has 174 valence electrons. The number of nitrogens with zero attached hydrogens (tertiary/aromatic N) is 1. The second-order valence-corrected chi connectivity index (χ2v) is 7.48. The second-order valence-electron chi connectivity index (χ2n) is 7.48. The van der Waals surface area contributed by atoms with Gasteiger partial charge in [-0.15, -0.1) is 0 Å². The molecule has 0 saturated heterocycles. The SMILES string of the molecule is CCOC(=O)CCc1cc(C2(C(F)(F)F)CC2)n(C(=O)O)c1-c1ccc(C(F)(F)F)cc1. The fourth-order valence-corrected chi connectivity index (χ4v) is 3.71. The lowest BCUT2D eigenvalue weighted by molar-refractivity contribution is -0.161. The van der Waals surface area contributed by atoms with Gasteiger partial charge in [0, 0.05) is 12.1 Å². The third-order valence-corrected chi connectivity index (χ3v) is 5.44. The van der Waals surface area contributed by atoms with Crippen LogP contribution in [-0.4, -0.2) is 34.5 Å². The highest BCUT2D eigenvalue weighted by molar-refractivity contribution is 5.82. The van der Waals surface area contributed by atoms with Crippen molar-refractivity contribution in [3.8, 4) is 11.3 Å². The van der Waals surface area contributed by atoms with E-state index in [0.717, 1.165) is 30.3 Å². The molecule has 0 atom stereocenters. The second kappa shape index (κ2) is 8.18. The van der Waals surface area contributed by atoms with Crippen molar-refractivity contribution in [1.82, 2.24) is 4.57 Å². The zero-order valence-electron chi connectivity index (χ0n) is 16.8. The van der Waals surface area contributed by atoms with E-state index in [1.807, 2.05) is 0 Å². The van der Waals surface area contributed by atoms with Crippen LogP contribution in [0, 0.1) is 0 Å². The first-order valence-electron chi connectivity index (χ1n) is 9.70. The molecule has 0 radical (unpaired) electrons. The minimum atomic E-state index is -4.71. The van der Waals surface area contributed by atoms with Crippen LogP contribution in [0.1, 0.15) is 43.0 Å². The van der Waals surface area contributed by atoms with Crippen molar-refractivity contribution in [2.24, 2.45) is 0 Å². The number of halogens is 6. The molecule has 0 aliphatic heterocycles. The Hall–Kier alpha value is -2.98. The molecule has 0 bridgehead atoms. The van der Waals surface area contributed by atoms with E-state index in [2.05, 4.69) is 0 Å². The molecule has 1 saturated carbocycles. The van der Waals surface area contributed by atoms with E-state index in [0.29, 0.717) is 4.57 Å². The molecule has 1 aromatic carbocycles. The number of esters is 1. The van der Waals surface area contributed by atoms with E-state index in [1.165, 1.54) is 0 Å². The normalized spacial score (nSPS) is 15.5. The summed E-state index contributed by atoms with van der Waals surface area (Å²) in [5.41, 5.74) is -3.95. The number of rotatable bonds is 6. The van der Waals surface area contributed by atoms with Gasteiger partial charge in [0.1, 0.15) is 5.41 Å². The molecule has 2 aromatic rings. The Morgan fingerprint density at radius 2 is 1.69 bits per heavy atom. The van der Waals surface area contributed by atoms with Gasteiger partial charge in [0.05, 0.1) is 17.9 Å². The average molecular weight is 463 g/mol. The van der Waals surface area contributed by atoms with Crippen LogP contribution in [0.3, 0.4) is 0 Å².